The van der Waals surface area contributed by atoms with E-state index in [1.165, 1.54) is 18.3 Å². The van der Waals surface area contributed by atoms with Crippen molar-refractivity contribution in [3.63, 3.8) is 0 Å². The summed E-state index contributed by atoms with van der Waals surface area (Å²) in [6.07, 6.45) is 0.628. The van der Waals surface area contributed by atoms with Gasteiger partial charge in [0.2, 0.25) is 11.8 Å². The van der Waals surface area contributed by atoms with E-state index in [1.807, 2.05) is 30.3 Å². The summed E-state index contributed by atoms with van der Waals surface area (Å²) in [5.74, 6) is -3.76. The van der Waals surface area contributed by atoms with Crippen LogP contribution in [0.15, 0.2) is 53.5 Å². The van der Waals surface area contributed by atoms with Crippen molar-refractivity contribution in [2.45, 2.75) is 44.9 Å². The van der Waals surface area contributed by atoms with Crippen LogP contribution in [0.2, 0.25) is 0 Å². The van der Waals surface area contributed by atoms with Gasteiger partial charge in [0.1, 0.15) is 24.4 Å². The number of anilines is 1. The van der Waals surface area contributed by atoms with Gasteiger partial charge in [-0.3, -0.25) is 24.0 Å². The molecule has 0 spiro atoms. The molecule has 0 aliphatic rings. The third-order valence-electron chi connectivity index (χ3n) is 5.07. The number of hydrogen-bond acceptors (Lipinski definition) is 6. The number of alkyl halides is 1. The third-order valence-corrected chi connectivity index (χ3v) is 5.07. The number of carboxylic acids is 1. The number of rotatable bonds is 14. The fraction of sp³-hybridized carbons (Fsp3) is 0.375. The third kappa shape index (κ3) is 8.45. The second-order valence-corrected chi connectivity index (χ2v) is 7.64. The average molecular weight is 490 g/mol. The predicted octanol–water partition coefficient (Wildman–Crippen LogP) is 1.84. The standard InChI is InChI=1S/C24H28FN3O7/c1-2-21(30)26-17-9-6-11-28(24(17)34)19(10-12-35-15-16-7-4-3-5-8-16)23(33)27-18(13-22(31)32)20(29)14-25/h3-9,11,18-19H,2,10,12-15H2,1H3,(H,26,30)(H,27,33)(H,31,32)/t18?,19-/m1/s1. The second-order valence-electron chi connectivity index (χ2n) is 7.64. The molecule has 0 saturated heterocycles. The molecular formula is C24H28FN3O7. The molecule has 35 heavy (non-hydrogen) atoms. The summed E-state index contributed by atoms with van der Waals surface area (Å²) in [6, 6.07) is 9.27. The number of nitrogens with one attached hydrogen (secondary N) is 2. The minimum atomic E-state index is -1.60. The van der Waals surface area contributed by atoms with Gasteiger partial charge < -0.3 is 25.0 Å². The number of benzene rings is 1. The maximum absolute atomic E-state index is 13.1. The maximum atomic E-state index is 13.1. The van der Waals surface area contributed by atoms with Gasteiger partial charge in [-0.05, 0) is 17.7 Å². The Labute approximate surface area is 201 Å². The second kappa shape index (κ2) is 13.8. The van der Waals surface area contributed by atoms with E-state index in [2.05, 4.69) is 10.6 Å². The van der Waals surface area contributed by atoms with Crippen LogP contribution >= 0.6 is 0 Å². The van der Waals surface area contributed by atoms with Crippen molar-refractivity contribution in [2.24, 2.45) is 0 Å². The van der Waals surface area contributed by atoms with Gasteiger partial charge in [-0.1, -0.05) is 37.3 Å². The van der Waals surface area contributed by atoms with Gasteiger partial charge in [0, 0.05) is 25.6 Å². The largest absolute Gasteiger partial charge is 0.481 e. The zero-order valence-electron chi connectivity index (χ0n) is 19.2. The van der Waals surface area contributed by atoms with E-state index in [9.17, 15) is 28.4 Å². The van der Waals surface area contributed by atoms with Crippen molar-refractivity contribution < 1.29 is 33.4 Å². The lowest BCUT2D eigenvalue weighted by Crippen LogP contribution is -2.47. The number of amides is 2. The molecule has 1 unspecified atom stereocenters. The fourth-order valence-corrected chi connectivity index (χ4v) is 3.23. The van der Waals surface area contributed by atoms with Crippen molar-refractivity contribution in [2.75, 3.05) is 18.6 Å². The molecule has 0 aliphatic heterocycles. The predicted molar refractivity (Wildman–Crippen MR) is 125 cm³/mol. The number of ketones is 1. The van der Waals surface area contributed by atoms with E-state index in [0.717, 1.165) is 10.1 Å². The van der Waals surface area contributed by atoms with Gasteiger partial charge in [-0.15, -0.1) is 0 Å². The van der Waals surface area contributed by atoms with Crippen molar-refractivity contribution in [1.29, 1.82) is 0 Å². The summed E-state index contributed by atoms with van der Waals surface area (Å²) in [6.45, 7) is 0.438. The molecule has 2 atom stereocenters. The monoisotopic (exact) mass is 489 g/mol. The van der Waals surface area contributed by atoms with Crippen LogP contribution in [0.3, 0.4) is 0 Å². The van der Waals surface area contributed by atoms with Gasteiger partial charge in [0.25, 0.3) is 5.56 Å². The van der Waals surface area contributed by atoms with Crippen LogP contribution in [0.25, 0.3) is 0 Å². The van der Waals surface area contributed by atoms with E-state index < -0.39 is 54.3 Å². The number of Topliss-reactive ketones (excluding diaryl/α,β-unsaturated/α-hetero) is 1. The van der Waals surface area contributed by atoms with Gasteiger partial charge in [0.15, 0.2) is 5.78 Å². The summed E-state index contributed by atoms with van der Waals surface area (Å²) in [4.78, 5) is 60.8. The molecule has 188 valence electrons. The number of aliphatic carboxylic acids is 1. The lowest BCUT2D eigenvalue weighted by atomic mass is 10.1. The van der Waals surface area contributed by atoms with Crippen molar-refractivity contribution in [1.82, 2.24) is 9.88 Å². The van der Waals surface area contributed by atoms with Crippen LogP contribution in [0.4, 0.5) is 10.1 Å². The van der Waals surface area contributed by atoms with Crippen LogP contribution in [0.1, 0.15) is 37.8 Å². The summed E-state index contributed by atoms with van der Waals surface area (Å²) < 4.78 is 19.6. The van der Waals surface area contributed by atoms with Crippen molar-refractivity contribution in [3.8, 4) is 0 Å². The van der Waals surface area contributed by atoms with Crippen LogP contribution in [0, 0.1) is 0 Å². The summed E-state index contributed by atoms with van der Waals surface area (Å²) in [5.41, 5.74) is 0.165. The van der Waals surface area contributed by atoms with E-state index in [-0.39, 0.29) is 31.7 Å². The van der Waals surface area contributed by atoms with E-state index in [0.29, 0.717) is 0 Å². The van der Waals surface area contributed by atoms with Gasteiger partial charge in [0.05, 0.1) is 13.0 Å². The Morgan fingerprint density at radius 3 is 2.46 bits per heavy atom. The molecule has 0 fully saturated rings. The molecule has 3 N–H and O–H groups in total. The highest BCUT2D eigenvalue weighted by molar-refractivity contribution is 5.93. The molecule has 1 aromatic heterocycles. The lowest BCUT2D eigenvalue weighted by Gasteiger charge is -2.23. The first-order valence-electron chi connectivity index (χ1n) is 11.0. The highest BCUT2D eigenvalue weighted by Crippen LogP contribution is 2.14. The van der Waals surface area contributed by atoms with Gasteiger partial charge in [-0.25, -0.2) is 4.39 Å². The molecule has 0 aliphatic carbocycles. The number of carboxylic acid groups (broad SMARTS) is 1. The fourth-order valence-electron chi connectivity index (χ4n) is 3.23. The number of hydrogen-bond donors (Lipinski definition) is 3. The van der Waals surface area contributed by atoms with E-state index >= 15 is 0 Å². The lowest BCUT2D eigenvalue weighted by molar-refractivity contribution is -0.140. The molecule has 2 rings (SSSR count). The molecule has 10 nitrogen and oxygen atoms in total. The highest BCUT2D eigenvalue weighted by atomic mass is 19.1. The summed E-state index contributed by atoms with van der Waals surface area (Å²) >= 11 is 0. The minimum Gasteiger partial charge on any atom is -0.481 e. The average Bonchev–Trinajstić information content (AvgIpc) is 2.85. The van der Waals surface area contributed by atoms with Crippen LogP contribution < -0.4 is 16.2 Å². The number of halogens is 1. The Kier molecular flexibility index (Phi) is 10.8. The highest BCUT2D eigenvalue weighted by Gasteiger charge is 2.29. The Hall–Kier alpha value is -3.86. The number of aromatic nitrogens is 1. The molecule has 2 aromatic rings. The molecule has 1 aromatic carbocycles. The Balaban J connectivity index is 2.27. The molecule has 0 bridgehead atoms. The van der Waals surface area contributed by atoms with Gasteiger partial charge >= 0.3 is 5.97 Å². The Morgan fingerprint density at radius 1 is 1.11 bits per heavy atom. The number of carbonyl (C=O) groups excluding carboxylic acids is 3. The SMILES string of the molecule is CCC(=O)Nc1cccn([C@H](CCOCc2ccccc2)C(=O)NC(CC(=O)O)C(=O)CF)c1=O. The minimum absolute atomic E-state index is 0.0205. The molecule has 1 heterocycles. The smallest absolute Gasteiger partial charge is 0.305 e. The van der Waals surface area contributed by atoms with Crippen LogP contribution in [-0.4, -0.2) is 52.6 Å². The Morgan fingerprint density at radius 2 is 1.83 bits per heavy atom. The number of nitrogens with zero attached hydrogens (tertiary/aromatic N) is 1. The molecule has 0 saturated carbocycles. The van der Waals surface area contributed by atoms with Gasteiger partial charge in [-0.2, -0.15) is 0 Å². The molecule has 0 radical (unpaired) electrons. The van der Waals surface area contributed by atoms with Crippen LogP contribution in [0.5, 0.6) is 0 Å². The topological polar surface area (TPSA) is 144 Å². The number of ether oxygens (including phenoxy) is 1. The van der Waals surface area contributed by atoms with Crippen molar-refractivity contribution >= 4 is 29.3 Å². The van der Waals surface area contributed by atoms with E-state index in [4.69, 9.17) is 9.84 Å². The summed E-state index contributed by atoms with van der Waals surface area (Å²) in [7, 11) is 0. The first-order valence-corrected chi connectivity index (χ1v) is 11.0. The van der Waals surface area contributed by atoms with Crippen molar-refractivity contribution in [3.05, 3.63) is 64.6 Å². The molecule has 2 amide bonds. The Bertz CT molecular complexity index is 1090. The zero-order valence-corrected chi connectivity index (χ0v) is 19.2. The summed E-state index contributed by atoms with van der Waals surface area (Å²) in [5, 5.41) is 13.7. The number of carbonyl (C=O) groups is 4. The molecule has 11 heteroatoms. The van der Waals surface area contributed by atoms with Crippen LogP contribution in [-0.2, 0) is 30.5 Å². The van der Waals surface area contributed by atoms with E-state index in [1.54, 1.807) is 6.92 Å². The molecular weight excluding hydrogens is 461 g/mol. The maximum Gasteiger partial charge on any atom is 0.305 e. The number of pyridine rings is 1. The first-order chi connectivity index (χ1) is 16.8. The normalized spacial score (nSPS) is 12.4. The quantitative estimate of drug-likeness (QED) is 0.344. The first kappa shape index (κ1) is 27.4. The zero-order chi connectivity index (χ0) is 25.8.